The van der Waals surface area contributed by atoms with Crippen LogP contribution in [0.15, 0.2) is 0 Å². The van der Waals surface area contributed by atoms with Crippen LogP contribution in [0.2, 0.25) is 0 Å². The van der Waals surface area contributed by atoms with Gasteiger partial charge in [-0.05, 0) is 20.8 Å². The molecule has 1 heterocycles. The minimum atomic E-state index is -0.0405. The fourth-order valence-corrected chi connectivity index (χ4v) is 2.19. The van der Waals surface area contributed by atoms with Gasteiger partial charge in [0.25, 0.3) is 0 Å². The van der Waals surface area contributed by atoms with Gasteiger partial charge in [0.2, 0.25) is 0 Å². The zero-order valence-corrected chi connectivity index (χ0v) is 9.02. The Morgan fingerprint density at radius 3 is 2.69 bits per heavy atom. The molecule has 0 radical (unpaired) electrons. The summed E-state index contributed by atoms with van der Waals surface area (Å²) in [7, 11) is 0. The van der Waals surface area contributed by atoms with E-state index in [4.69, 9.17) is 5.41 Å². The highest BCUT2D eigenvalue weighted by Crippen LogP contribution is 2.20. The van der Waals surface area contributed by atoms with Crippen molar-refractivity contribution in [1.29, 1.82) is 5.41 Å². The van der Waals surface area contributed by atoms with Gasteiger partial charge in [-0.25, -0.2) is 4.79 Å². The maximum Gasteiger partial charge on any atom is 0.326 e. The maximum absolute atomic E-state index is 11.7. The highest BCUT2D eigenvalue weighted by atomic mass is 32.2. The molecule has 0 atom stereocenters. The summed E-state index contributed by atoms with van der Waals surface area (Å²) < 4.78 is 0. The number of urea groups is 1. The molecule has 5 heteroatoms. The van der Waals surface area contributed by atoms with E-state index >= 15 is 0 Å². The lowest BCUT2D eigenvalue weighted by atomic mass is 10.3. The Morgan fingerprint density at radius 2 is 2.23 bits per heavy atom. The summed E-state index contributed by atoms with van der Waals surface area (Å²) in [5, 5.41) is 7.91. The van der Waals surface area contributed by atoms with E-state index in [1.165, 1.54) is 16.7 Å². The molecule has 0 aromatic carbocycles. The third kappa shape index (κ3) is 1.96. The van der Waals surface area contributed by atoms with Gasteiger partial charge in [0.05, 0.1) is 5.88 Å². The standard InChI is InChI=1S/C8H15N3OS/c1-4-10-7(9)13-5-11(6(2)3)8(10)12/h6,9H,4-5H2,1-3H3. The van der Waals surface area contributed by atoms with Crippen LogP contribution in [0.5, 0.6) is 0 Å². The number of nitrogens with one attached hydrogen (secondary N) is 1. The van der Waals surface area contributed by atoms with E-state index in [9.17, 15) is 4.79 Å². The molecular formula is C8H15N3OS. The maximum atomic E-state index is 11.7. The van der Waals surface area contributed by atoms with Gasteiger partial charge in [-0.15, -0.1) is 0 Å². The van der Waals surface area contributed by atoms with E-state index in [0.29, 0.717) is 17.6 Å². The molecule has 0 unspecified atom stereocenters. The minimum Gasteiger partial charge on any atom is -0.312 e. The second-order valence-electron chi connectivity index (χ2n) is 3.17. The van der Waals surface area contributed by atoms with Crippen molar-refractivity contribution in [3.63, 3.8) is 0 Å². The quantitative estimate of drug-likeness (QED) is 0.740. The minimum absolute atomic E-state index is 0.0405. The highest BCUT2D eigenvalue weighted by Gasteiger charge is 2.30. The van der Waals surface area contributed by atoms with Gasteiger partial charge >= 0.3 is 6.03 Å². The largest absolute Gasteiger partial charge is 0.326 e. The van der Waals surface area contributed by atoms with E-state index in [1.807, 2.05) is 20.8 Å². The molecule has 1 aliphatic rings. The lowest BCUT2D eigenvalue weighted by Gasteiger charge is -2.36. The second-order valence-corrected chi connectivity index (χ2v) is 4.10. The van der Waals surface area contributed by atoms with E-state index in [-0.39, 0.29) is 12.1 Å². The van der Waals surface area contributed by atoms with Crippen LogP contribution in [-0.4, -0.2) is 39.5 Å². The Bertz CT molecular complexity index is 229. The van der Waals surface area contributed by atoms with Gasteiger partial charge in [-0.2, -0.15) is 0 Å². The van der Waals surface area contributed by atoms with Crippen molar-refractivity contribution < 1.29 is 4.79 Å². The van der Waals surface area contributed by atoms with E-state index in [0.717, 1.165) is 0 Å². The highest BCUT2D eigenvalue weighted by molar-refractivity contribution is 8.13. The Morgan fingerprint density at radius 1 is 1.62 bits per heavy atom. The molecule has 0 saturated carbocycles. The van der Waals surface area contributed by atoms with Gasteiger partial charge in [-0.1, -0.05) is 11.8 Å². The van der Waals surface area contributed by atoms with Gasteiger partial charge < -0.3 is 4.90 Å². The number of hydrogen-bond donors (Lipinski definition) is 1. The smallest absolute Gasteiger partial charge is 0.312 e. The number of rotatable bonds is 2. The predicted octanol–water partition coefficient (Wildman–Crippen LogP) is 1.78. The first-order valence-corrected chi connectivity index (χ1v) is 5.36. The molecule has 2 amide bonds. The molecule has 0 aliphatic carbocycles. The number of hydrogen-bond acceptors (Lipinski definition) is 3. The van der Waals surface area contributed by atoms with Crippen LogP contribution in [0, 0.1) is 5.41 Å². The number of thioether (sulfide) groups is 1. The van der Waals surface area contributed by atoms with Crippen LogP contribution < -0.4 is 0 Å². The summed E-state index contributed by atoms with van der Waals surface area (Å²) in [5.74, 6) is 0.603. The third-order valence-corrected chi connectivity index (χ3v) is 2.90. The molecule has 1 saturated heterocycles. The first kappa shape index (κ1) is 10.4. The van der Waals surface area contributed by atoms with Crippen LogP contribution in [0.4, 0.5) is 4.79 Å². The lowest BCUT2D eigenvalue weighted by Crippen LogP contribution is -2.51. The van der Waals surface area contributed by atoms with Crippen LogP contribution in [0.1, 0.15) is 20.8 Å². The second kappa shape index (κ2) is 4.00. The SMILES string of the molecule is CCN1C(=N)SCN(C(C)C)C1=O. The Hall–Kier alpha value is -0.710. The van der Waals surface area contributed by atoms with Gasteiger partial charge in [0.15, 0.2) is 5.17 Å². The summed E-state index contributed by atoms with van der Waals surface area (Å²) in [5.41, 5.74) is 0. The van der Waals surface area contributed by atoms with E-state index in [2.05, 4.69) is 0 Å². The predicted molar refractivity (Wildman–Crippen MR) is 54.9 cm³/mol. The number of carbonyl (C=O) groups is 1. The van der Waals surface area contributed by atoms with E-state index in [1.54, 1.807) is 4.90 Å². The van der Waals surface area contributed by atoms with Crippen molar-refractivity contribution in [1.82, 2.24) is 9.80 Å². The van der Waals surface area contributed by atoms with Crippen molar-refractivity contribution in [2.75, 3.05) is 12.4 Å². The molecule has 0 bridgehead atoms. The Balaban J connectivity index is 2.75. The monoisotopic (exact) mass is 201 g/mol. The fourth-order valence-electron chi connectivity index (χ4n) is 1.15. The molecule has 0 spiro atoms. The first-order valence-electron chi connectivity index (χ1n) is 4.37. The van der Waals surface area contributed by atoms with Crippen molar-refractivity contribution in [2.24, 2.45) is 0 Å². The van der Waals surface area contributed by atoms with Crippen molar-refractivity contribution in [3.8, 4) is 0 Å². The fraction of sp³-hybridized carbons (Fsp3) is 0.750. The molecule has 1 fully saturated rings. The summed E-state index contributed by atoms with van der Waals surface area (Å²) >= 11 is 1.41. The summed E-state index contributed by atoms with van der Waals surface area (Å²) in [6, 6.07) is 0.170. The number of amides is 2. The topological polar surface area (TPSA) is 47.4 Å². The number of nitrogens with zero attached hydrogens (tertiary/aromatic N) is 2. The molecule has 1 aliphatic heterocycles. The van der Waals surface area contributed by atoms with Crippen LogP contribution in [0.25, 0.3) is 0 Å². The average molecular weight is 201 g/mol. The zero-order valence-electron chi connectivity index (χ0n) is 8.20. The molecule has 1 N–H and O–H groups in total. The van der Waals surface area contributed by atoms with Gasteiger partial charge in [0.1, 0.15) is 0 Å². The number of amidine groups is 1. The molecule has 13 heavy (non-hydrogen) atoms. The Kier molecular flexibility index (Phi) is 3.19. The zero-order chi connectivity index (χ0) is 10.0. The van der Waals surface area contributed by atoms with Crippen LogP contribution in [0.3, 0.4) is 0 Å². The van der Waals surface area contributed by atoms with Crippen LogP contribution >= 0.6 is 11.8 Å². The summed E-state index contributed by atoms with van der Waals surface area (Å²) in [6.45, 7) is 6.44. The Labute approximate surface area is 82.8 Å². The average Bonchev–Trinajstić information content (AvgIpc) is 2.04. The van der Waals surface area contributed by atoms with Gasteiger partial charge in [0, 0.05) is 12.6 Å². The summed E-state index contributed by atoms with van der Waals surface area (Å²) in [4.78, 5) is 15.0. The molecular weight excluding hydrogens is 186 g/mol. The third-order valence-electron chi connectivity index (χ3n) is 2.00. The number of carbonyl (C=O) groups excluding carboxylic acids is 1. The van der Waals surface area contributed by atoms with E-state index < -0.39 is 0 Å². The summed E-state index contributed by atoms with van der Waals surface area (Å²) in [6.07, 6.45) is 0. The molecule has 0 aromatic heterocycles. The van der Waals surface area contributed by atoms with Crippen LogP contribution in [-0.2, 0) is 0 Å². The molecule has 74 valence electrons. The normalized spacial score (nSPS) is 18.8. The van der Waals surface area contributed by atoms with Crippen molar-refractivity contribution in [3.05, 3.63) is 0 Å². The van der Waals surface area contributed by atoms with Crippen molar-refractivity contribution in [2.45, 2.75) is 26.8 Å². The van der Waals surface area contributed by atoms with Gasteiger partial charge in [-0.3, -0.25) is 10.3 Å². The molecule has 1 rings (SSSR count). The molecule has 0 aromatic rings. The molecule has 4 nitrogen and oxygen atoms in total. The van der Waals surface area contributed by atoms with Crippen molar-refractivity contribution >= 4 is 23.0 Å². The first-order chi connectivity index (χ1) is 6.07. The lowest BCUT2D eigenvalue weighted by molar-refractivity contribution is 0.171.